The van der Waals surface area contributed by atoms with Crippen LogP contribution in [-0.2, 0) is 0 Å². The lowest BCUT2D eigenvalue weighted by atomic mass is 10.1. The zero-order chi connectivity index (χ0) is 13.8. The van der Waals surface area contributed by atoms with Crippen LogP contribution in [0.2, 0.25) is 5.02 Å². The highest BCUT2D eigenvalue weighted by Crippen LogP contribution is 2.26. The standard InChI is InChI=1S/C15H20ClN3/c1-11(2)19(10-14-4-3-7-18-14)15-6-5-13(16)8-12(15)9-17/h5-6,8,11,14,18H,3-4,7,10H2,1-2H3. The van der Waals surface area contributed by atoms with Crippen molar-refractivity contribution in [3.8, 4) is 6.07 Å². The zero-order valence-electron chi connectivity index (χ0n) is 11.5. The molecule has 0 saturated carbocycles. The normalized spacial score (nSPS) is 18.6. The Morgan fingerprint density at radius 2 is 2.32 bits per heavy atom. The van der Waals surface area contributed by atoms with Gasteiger partial charge in [0.2, 0.25) is 0 Å². The molecule has 0 aromatic heterocycles. The van der Waals surface area contributed by atoms with Gasteiger partial charge in [0.25, 0.3) is 0 Å². The van der Waals surface area contributed by atoms with E-state index in [0.717, 1.165) is 18.8 Å². The SMILES string of the molecule is CC(C)N(CC1CCCN1)c1ccc(Cl)cc1C#N. The lowest BCUT2D eigenvalue weighted by Crippen LogP contribution is -2.41. The van der Waals surface area contributed by atoms with Crippen molar-refractivity contribution in [1.82, 2.24) is 5.32 Å². The van der Waals surface area contributed by atoms with E-state index in [0.29, 0.717) is 22.7 Å². The Morgan fingerprint density at radius 1 is 1.53 bits per heavy atom. The Balaban J connectivity index is 2.25. The molecule has 0 radical (unpaired) electrons. The maximum Gasteiger partial charge on any atom is 0.101 e. The van der Waals surface area contributed by atoms with E-state index in [-0.39, 0.29) is 0 Å². The summed E-state index contributed by atoms with van der Waals surface area (Å²) in [6.45, 7) is 6.35. The summed E-state index contributed by atoms with van der Waals surface area (Å²) in [6, 6.07) is 8.68. The van der Waals surface area contributed by atoms with Crippen molar-refractivity contribution in [2.24, 2.45) is 0 Å². The molecule has 1 aliphatic heterocycles. The summed E-state index contributed by atoms with van der Waals surface area (Å²) in [5.41, 5.74) is 1.63. The molecule has 2 rings (SSSR count). The first-order valence-electron chi connectivity index (χ1n) is 6.81. The summed E-state index contributed by atoms with van der Waals surface area (Å²) in [5.74, 6) is 0. The quantitative estimate of drug-likeness (QED) is 0.919. The molecule has 0 amide bonds. The second-order valence-corrected chi connectivity index (χ2v) is 5.75. The van der Waals surface area contributed by atoms with E-state index < -0.39 is 0 Å². The summed E-state index contributed by atoms with van der Waals surface area (Å²) in [6.07, 6.45) is 2.45. The number of anilines is 1. The third-order valence-electron chi connectivity index (χ3n) is 3.59. The van der Waals surface area contributed by atoms with E-state index in [1.165, 1.54) is 12.8 Å². The fourth-order valence-corrected chi connectivity index (χ4v) is 2.76. The lowest BCUT2D eigenvalue weighted by Gasteiger charge is -2.32. The van der Waals surface area contributed by atoms with Gasteiger partial charge < -0.3 is 10.2 Å². The number of halogens is 1. The second kappa shape index (κ2) is 6.27. The van der Waals surface area contributed by atoms with Crippen molar-refractivity contribution >= 4 is 17.3 Å². The van der Waals surface area contributed by atoms with Gasteiger partial charge in [0, 0.05) is 23.7 Å². The lowest BCUT2D eigenvalue weighted by molar-refractivity contribution is 0.552. The number of hydrogen-bond acceptors (Lipinski definition) is 3. The monoisotopic (exact) mass is 277 g/mol. The largest absolute Gasteiger partial charge is 0.366 e. The Kier molecular flexibility index (Phi) is 4.68. The van der Waals surface area contributed by atoms with Crippen LogP contribution in [0.15, 0.2) is 18.2 Å². The maximum atomic E-state index is 9.28. The van der Waals surface area contributed by atoms with Gasteiger partial charge >= 0.3 is 0 Å². The topological polar surface area (TPSA) is 39.1 Å². The predicted molar refractivity (Wildman–Crippen MR) is 79.7 cm³/mol. The van der Waals surface area contributed by atoms with Gasteiger partial charge in [0.05, 0.1) is 11.3 Å². The van der Waals surface area contributed by atoms with Crippen molar-refractivity contribution in [3.63, 3.8) is 0 Å². The fraction of sp³-hybridized carbons (Fsp3) is 0.533. The molecule has 1 aliphatic rings. The molecular weight excluding hydrogens is 258 g/mol. The molecule has 0 spiro atoms. The summed E-state index contributed by atoms with van der Waals surface area (Å²) in [4.78, 5) is 2.29. The van der Waals surface area contributed by atoms with Gasteiger partial charge in [0.1, 0.15) is 6.07 Å². The molecule has 1 aromatic rings. The molecule has 0 aliphatic carbocycles. The van der Waals surface area contributed by atoms with Crippen LogP contribution in [0.5, 0.6) is 0 Å². The molecule has 1 saturated heterocycles. The van der Waals surface area contributed by atoms with Crippen LogP contribution in [0.1, 0.15) is 32.3 Å². The van der Waals surface area contributed by atoms with Gasteiger partial charge in [-0.05, 0) is 51.4 Å². The molecule has 1 heterocycles. The molecule has 0 bridgehead atoms. The number of hydrogen-bond donors (Lipinski definition) is 1. The minimum atomic E-state index is 0.357. The molecule has 19 heavy (non-hydrogen) atoms. The van der Waals surface area contributed by atoms with E-state index in [9.17, 15) is 5.26 Å². The fourth-order valence-electron chi connectivity index (χ4n) is 2.59. The first-order valence-corrected chi connectivity index (χ1v) is 7.19. The molecule has 1 atom stereocenters. The van der Waals surface area contributed by atoms with E-state index in [1.807, 2.05) is 12.1 Å². The molecule has 1 N–H and O–H groups in total. The van der Waals surface area contributed by atoms with Crippen LogP contribution in [0.4, 0.5) is 5.69 Å². The first-order chi connectivity index (χ1) is 9.11. The molecule has 1 unspecified atom stereocenters. The van der Waals surface area contributed by atoms with Gasteiger partial charge in [-0.3, -0.25) is 0 Å². The first kappa shape index (κ1) is 14.2. The van der Waals surface area contributed by atoms with E-state index >= 15 is 0 Å². The average Bonchev–Trinajstić information content (AvgIpc) is 2.89. The Labute approximate surface area is 120 Å². The number of nitriles is 1. The van der Waals surface area contributed by atoms with Crippen molar-refractivity contribution in [3.05, 3.63) is 28.8 Å². The summed E-state index contributed by atoms with van der Waals surface area (Å²) < 4.78 is 0. The van der Waals surface area contributed by atoms with Gasteiger partial charge in [-0.1, -0.05) is 11.6 Å². The van der Waals surface area contributed by atoms with Gasteiger partial charge in [-0.25, -0.2) is 0 Å². The van der Waals surface area contributed by atoms with Gasteiger partial charge in [-0.15, -0.1) is 0 Å². The van der Waals surface area contributed by atoms with Crippen molar-refractivity contribution < 1.29 is 0 Å². The summed E-state index contributed by atoms with van der Waals surface area (Å²) in [5, 5.41) is 13.4. The average molecular weight is 278 g/mol. The third kappa shape index (κ3) is 3.40. The highest BCUT2D eigenvalue weighted by molar-refractivity contribution is 6.30. The number of rotatable bonds is 4. The van der Waals surface area contributed by atoms with Crippen LogP contribution in [0.25, 0.3) is 0 Å². The Bertz CT molecular complexity index is 473. The number of benzene rings is 1. The minimum absolute atomic E-state index is 0.357. The summed E-state index contributed by atoms with van der Waals surface area (Å²) in [7, 11) is 0. The van der Waals surface area contributed by atoms with Crippen molar-refractivity contribution in [2.75, 3.05) is 18.0 Å². The number of nitrogens with zero attached hydrogens (tertiary/aromatic N) is 2. The Morgan fingerprint density at radius 3 is 2.89 bits per heavy atom. The van der Waals surface area contributed by atoms with Crippen molar-refractivity contribution in [2.45, 2.75) is 38.8 Å². The Hall–Kier alpha value is -1.24. The van der Waals surface area contributed by atoms with Crippen LogP contribution >= 0.6 is 11.6 Å². The smallest absolute Gasteiger partial charge is 0.101 e. The van der Waals surface area contributed by atoms with E-state index in [2.05, 4.69) is 30.1 Å². The minimum Gasteiger partial charge on any atom is -0.366 e. The number of nitrogens with one attached hydrogen (secondary N) is 1. The molecular formula is C15H20ClN3. The predicted octanol–water partition coefficient (Wildman–Crippen LogP) is 3.18. The highest BCUT2D eigenvalue weighted by atomic mass is 35.5. The third-order valence-corrected chi connectivity index (χ3v) is 3.83. The van der Waals surface area contributed by atoms with E-state index in [4.69, 9.17) is 11.6 Å². The summed E-state index contributed by atoms with van der Waals surface area (Å²) >= 11 is 5.97. The van der Waals surface area contributed by atoms with Gasteiger partial charge in [0.15, 0.2) is 0 Å². The van der Waals surface area contributed by atoms with Crippen LogP contribution in [-0.4, -0.2) is 25.2 Å². The van der Waals surface area contributed by atoms with Gasteiger partial charge in [-0.2, -0.15) is 5.26 Å². The molecule has 1 fully saturated rings. The van der Waals surface area contributed by atoms with Crippen LogP contribution in [0.3, 0.4) is 0 Å². The van der Waals surface area contributed by atoms with Crippen molar-refractivity contribution in [1.29, 1.82) is 5.26 Å². The zero-order valence-corrected chi connectivity index (χ0v) is 12.2. The van der Waals surface area contributed by atoms with Crippen LogP contribution < -0.4 is 10.2 Å². The van der Waals surface area contributed by atoms with E-state index in [1.54, 1.807) is 6.07 Å². The maximum absolute atomic E-state index is 9.28. The van der Waals surface area contributed by atoms with Crippen LogP contribution in [0, 0.1) is 11.3 Å². The highest BCUT2D eigenvalue weighted by Gasteiger charge is 2.21. The molecule has 4 heteroatoms. The molecule has 1 aromatic carbocycles. The second-order valence-electron chi connectivity index (χ2n) is 5.31. The molecule has 3 nitrogen and oxygen atoms in total. The molecule has 102 valence electrons.